The molecule has 148 valence electrons. The Balaban J connectivity index is 1.40. The summed E-state index contributed by atoms with van der Waals surface area (Å²) in [5.74, 6) is 1.01. The van der Waals surface area contributed by atoms with Crippen LogP contribution < -0.4 is 10.9 Å². The summed E-state index contributed by atoms with van der Waals surface area (Å²) >= 11 is 4.58. The number of H-pyrrole nitrogens is 1. The highest BCUT2D eigenvalue weighted by Crippen LogP contribution is 2.30. The number of carbonyl (C=O) groups excluding carboxylic acids is 1. The van der Waals surface area contributed by atoms with Crippen molar-refractivity contribution in [2.24, 2.45) is 0 Å². The van der Waals surface area contributed by atoms with Crippen LogP contribution in [0.1, 0.15) is 46.6 Å². The first kappa shape index (κ1) is 19.6. The van der Waals surface area contributed by atoms with E-state index in [9.17, 15) is 9.59 Å². The minimum Gasteiger partial charge on any atom is -0.309 e. The summed E-state index contributed by atoms with van der Waals surface area (Å²) in [5, 5.41) is 4.05. The first-order chi connectivity index (χ1) is 13.4. The Labute approximate surface area is 175 Å². The van der Waals surface area contributed by atoms with E-state index in [1.165, 1.54) is 40.8 Å². The Kier molecular flexibility index (Phi) is 5.57. The topological polar surface area (TPSA) is 87.7 Å². The Morgan fingerprint density at radius 2 is 2.04 bits per heavy atom. The molecule has 0 bridgehead atoms. The molecule has 1 atom stereocenters. The number of hydrogen-bond donors (Lipinski definition) is 2. The molecule has 0 fully saturated rings. The Morgan fingerprint density at radius 1 is 1.25 bits per heavy atom. The molecular weight excluding hydrogens is 412 g/mol. The highest BCUT2D eigenvalue weighted by molar-refractivity contribution is 7.99. The predicted octanol–water partition coefficient (Wildman–Crippen LogP) is 4.20. The fourth-order valence-corrected chi connectivity index (χ4v) is 6.12. The van der Waals surface area contributed by atoms with E-state index in [0.29, 0.717) is 22.1 Å². The van der Waals surface area contributed by atoms with Crippen LogP contribution >= 0.6 is 34.4 Å². The predicted molar refractivity (Wildman–Crippen MR) is 118 cm³/mol. The number of rotatable bonds is 5. The molecule has 28 heavy (non-hydrogen) atoms. The number of fused-ring (bicyclic) bond motifs is 2. The molecule has 3 aromatic rings. The standard InChI is InChI=1S/C19H22N4O2S3/c1-9-10(2)27-18-15(9)17(25)21-14(22-18)8-26-11(3)16(24)23-19-20-12-6-4-5-7-13(12)28-19/h11H,4-8H2,1-3H3,(H,20,23,24)(H,21,22,25)/t11-/m1/s1. The molecule has 0 aromatic carbocycles. The number of thiazole rings is 1. The van der Waals surface area contributed by atoms with E-state index < -0.39 is 0 Å². The number of hydrogen-bond acceptors (Lipinski definition) is 7. The van der Waals surface area contributed by atoms with Gasteiger partial charge in [-0.15, -0.1) is 34.4 Å². The normalized spacial score (nSPS) is 14.8. The van der Waals surface area contributed by atoms with E-state index in [1.54, 1.807) is 11.3 Å². The van der Waals surface area contributed by atoms with Crippen molar-refractivity contribution in [3.8, 4) is 0 Å². The number of amides is 1. The van der Waals surface area contributed by atoms with Gasteiger partial charge in [0.05, 0.1) is 22.1 Å². The number of carbonyl (C=O) groups is 1. The van der Waals surface area contributed by atoms with E-state index in [4.69, 9.17) is 0 Å². The van der Waals surface area contributed by atoms with Crippen molar-refractivity contribution >= 4 is 55.7 Å². The van der Waals surface area contributed by atoms with Crippen LogP contribution in [0.4, 0.5) is 5.13 Å². The van der Waals surface area contributed by atoms with Crippen molar-refractivity contribution in [2.75, 3.05) is 5.32 Å². The van der Waals surface area contributed by atoms with Gasteiger partial charge in [0.15, 0.2) is 5.13 Å². The van der Waals surface area contributed by atoms with Crippen LogP contribution in [0.5, 0.6) is 0 Å². The number of nitrogens with zero attached hydrogens (tertiary/aromatic N) is 2. The second-order valence-corrected chi connectivity index (χ2v) is 10.6. The zero-order valence-corrected chi connectivity index (χ0v) is 18.5. The fourth-order valence-electron chi connectivity index (χ4n) is 3.26. The second kappa shape index (κ2) is 7.96. The lowest BCUT2D eigenvalue weighted by Gasteiger charge is -2.10. The number of nitrogens with one attached hydrogen (secondary N) is 2. The number of aromatic amines is 1. The van der Waals surface area contributed by atoms with Crippen molar-refractivity contribution in [1.29, 1.82) is 0 Å². The monoisotopic (exact) mass is 434 g/mol. The van der Waals surface area contributed by atoms with Crippen molar-refractivity contribution in [2.45, 2.75) is 57.5 Å². The molecule has 3 aromatic heterocycles. The lowest BCUT2D eigenvalue weighted by atomic mass is 10.0. The van der Waals surface area contributed by atoms with Crippen LogP contribution in [0, 0.1) is 13.8 Å². The minimum atomic E-state index is -0.270. The van der Waals surface area contributed by atoms with Gasteiger partial charge < -0.3 is 10.3 Å². The lowest BCUT2D eigenvalue weighted by Crippen LogP contribution is -2.23. The summed E-state index contributed by atoms with van der Waals surface area (Å²) in [6, 6.07) is 0. The molecule has 0 saturated carbocycles. The number of aromatic nitrogens is 3. The van der Waals surface area contributed by atoms with Gasteiger partial charge in [0.25, 0.3) is 5.56 Å². The molecular formula is C19H22N4O2S3. The average molecular weight is 435 g/mol. The van der Waals surface area contributed by atoms with E-state index in [2.05, 4.69) is 20.3 Å². The van der Waals surface area contributed by atoms with E-state index in [-0.39, 0.29) is 16.7 Å². The van der Waals surface area contributed by atoms with E-state index >= 15 is 0 Å². The molecule has 0 radical (unpaired) electrons. The van der Waals surface area contributed by atoms with E-state index in [0.717, 1.165) is 33.8 Å². The third kappa shape index (κ3) is 3.88. The van der Waals surface area contributed by atoms with Crippen LogP contribution in [0.2, 0.25) is 0 Å². The summed E-state index contributed by atoms with van der Waals surface area (Å²) in [6.07, 6.45) is 4.45. The van der Waals surface area contributed by atoms with Gasteiger partial charge in [0.1, 0.15) is 10.7 Å². The maximum atomic E-state index is 12.5. The zero-order valence-electron chi connectivity index (χ0n) is 16.0. The van der Waals surface area contributed by atoms with Crippen LogP contribution in [-0.2, 0) is 23.4 Å². The van der Waals surface area contributed by atoms with Crippen molar-refractivity contribution in [3.05, 3.63) is 37.2 Å². The molecule has 3 heterocycles. The van der Waals surface area contributed by atoms with Gasteiger partial charge in [-0.2, -0.15) is 0 Å². The number of anilines is 1. The van der Waals surface area contributed by atoms with Crippen LogP contribution in [0.3, 0.4) is 0 Å². The maximum absolute atomic E-state index is 12.5. The average Bonchev–Trinajstić information content (AvgIpc) is 3.19. The molecule has 6 nitrogen and oxygen atoms in total. The SMILES string of the molecule is Cc1sc2nc(CS[C@H](C)C(=O)Nc3nc4c(s3)CCCC4)[nH]c(=O)c2c1C. The molecule has 0 saturated heterocycles. The fraction of sp³-hybridized carbons (Fsp3) is 0.474. The van der Waals surface area contributed by atoms with Crippen LogP contribution in [0.15, 0.2) is 4.79 Å². The maximum Gasteiger partial charge on any atom is 0.259 e. The second-order valence-electron chi connectivity index (χ2n) is 7.01. The van der Waals surface area contributed by atoms with Crippen LogP contribution in [0.25, 0.3) is 10.2 Å². The molecule has 0 unspecified atom stereocenters. The molecule has 1 aliphatic carbocycles. The van der Waals surface area contributed by atoms with Crippen molar-refractivity contribution in [1.82, 2.24) is 15.0 Å². The van der Waals surface area contributed by atoms with Gasteiger partial charge in [0, 0.05) is 9.75 Å². The summed E-state index contributed by atoms with van der Waals surface area (Å²) in [4.78, 5) is 40.1. The van der Waals surface area contributed by atoms with Crippen LogP contribution in [-0.4, -0.2) is 26.1 Å². The zero-order chi connectivity index (χ0) is 19.8. The van der Waals surface area contributed by atoms with Crippen molar-refractivity contribution < 1.29 is 4.79 Å². The van der Waals surface area contributed by atoms with Gasteiger partial charge in [0.2, 0.25) is 5.91 Å². The third-order valence-electron chi connectivity index (χ3n) is 5.00. The Hall–Kier alpha value is -1.71. The molecule has 0 aliphatic heterocycles. The Bertz CT molecular complexity index is 1080. The summed E-state index contributed by atoms with van der Waals surface area (Å²) in [7, 11) is 0. The first-order valence-electron chi connectivity index (χ1n) is 9.32. The first-order valence-corrected chi connectivity index (χ1v) is 12.0. The molecule has 4 rings (SSSR count). The largest absolute Gasteiger partial charge is 0.309 e. The number of thiophene rings is 1. The summed E-state index contributed by atoms with van der Waals surface area (Å²) in [6.45, 7) is 5.81. The summed E-state index contributed by atoms with van der Waals surface area (Å²) < 4.78 is 0. The smallest absolute Gasteiger partial charge is 0.259 e. The summed E-state index contributed by atoms with van der Waals surface area (Å²) in [5.41, 5.74) is 2.03. The number of aryl methyl sites for hydroxylation is 4. The van der Waals surface area contributed by atoms with E-state index in [1.807, 2.05) is 20.8 Å². The third-order valence-corrected chi connectivity index (χ3v) is 8.33. The van der Waals surface area contributed by atoms with Gasteiger partial charge >= 0.3 is 0 Å². The minimum absolute atomic E-state index is 0.0673. The quantitative estimate of drug-likeness (QED) is 0.628. The molecule has 0 spiro atoms. The molecule has 9 heteroatoms. The highest BCUT2D eigenvalue weighted by Gasteiger charge is 2.20. The lowest BCUT2D eigenvalue weighted by molar-refractivity contribution is -0.115. The van der Waals surface area contributed by atoms with Gasteiger partial charge in [-0.1, -0.05) is 0 Å². The van der Waals surface area contributed by atoms with Gasteiger partial charge in [-0.3, -0.25) is 9.59 Å². The van der Waals surface area contributed by atoms with Crippen molar-refractivity contribution in [3.63, 3.8) is 0 Å². The van der Waals surface area contributed by atoms with Gasteiger partial charge in [-0.05, 0) is 52.0 Å². The van der Waals surface area contributed by atoms with Gasteiger partial charge in [-0.25, -0.2) is 9.97 Å². The molecule has 2 N–H and O–H groups in total. The number of thioether (sulfide) groups is 1. The highest BCUT2D eigenvalue weighted by atomic mass is 32.2. The molecule has 1 amide bonds. The Morgan fingerprint density at radius 3 is 2.82 bits per heavy atom. The molecule has 1 aliphatic rings.